The van der Waals surface area contributed by atoms with Gasteiger partial charge in [-0.05, 0) is 30.3 Å². The third-order valence-electron chi connectivity index (χ3n) is 4.05. The number of amides is 1. The fourth-order valence-corrected chi connectivity index (χ4v) is 2.66. The van der Waals surface area contributed by atoms with Crippen LogP contribution in [0.25, 0.3) is 16.7 Å². The first-order valence-corrected chi connectivity index (χ1v) is 8.28. The highest BCUT2D eigenvalue weighted by atomic mass is 19.1. The van der Waals surface area contributed by atoms with Gasteiger partial charge >= 0.3 is 0 Å². The number of fused-ring (bicyclic) bond motifs is 1. The monoisotopic (exact) mass is 393 g/mol. The van der Waals surface area contributed by atoms with Crippen LogP contribution in [0.1, 0.15) is 10.4 Å². The third-order valence-corrected chi connectivity index (χ3v) is 4.05. The number of hydrazine groups is 1. The highest BCUT2D eigenvalue weighted by Gasteiger charge is 2.14. The smallest absolute Gasteiger partial charge is 0.270 e. The van der Waals surface area contributed by atoms with E-state index in [1.165, 1.54) is 53.6 Å². The van der Waals surface area contributed by atoms with Gasteiger partial charge in [0.05, 0.1) is 22.2 Å². The molecular weight excluding hydrogens is 381 g/mol. The minimum Gasteiger partial charge on any atom is -0.281 e. The molecule has 0 atom stereocenters. The van der Waals surface area contributed by atoms with E-state index in [1.807, 2.05) is 0 Å². The number of nitro groups is 1. The highest BCUT2D eigenvalue weighted by molar-refractivity contribution is 5.96. The summed E-state index contributed by atoms with van der Waals surface area (Å²) in [6, 6.07) is 11.1. The summed E-state index contributed by atoms with van der Waals surface area (Å²) in [5, 5.41) is 15.6. The van der Waals surface area contributed by atoms with Crippen LogP contribution in [0.3, 0.4) is 0 Å². The molecule has 2 heterocycles. The van der Waals surface area contributed by atoms with E-state index in [4.69, 9.17) is 0 Å². The molecule has 29 heavy (non-hydrogen) atoms. The van der Waals surface area contributed by atoms with Gasteiger partial charge in [0.2, 0.25) is 0 Å². The molecular formula is C18H12FN7O3. The number of hydrogen-bond acceptors (Lipinski definition) is 7. The minimum atomic E-state index is -0.581. The number of carbonyl (C=O) groups is 1. The van der Waals surface area contributed by atoms with Gasteiger partial charge in [-0.2, -0.15) is 5.10 Å². The number of halogens is 1. The Bertz CT molecular complexity index is 1220. The molecule has 0 aliphatic carbocycles. The van der Waals surface area contributed by atoms with Crippen molar-refractivity contribution in [2.24, 2.45) is 0 Å². The normalized spacial score (nSPS) is 10.7. The largest absolute Gasteiger partial charge is 0.281 e. The quantitative estimate of drug-likeness (QED) is 0.394. The molecule has 2 N–H and O–H groups in total. The van der Waals surface area contributed by atoms with Crippen molar-refractivity contribution in [3.63, 3.8) is 0 Å². The van der Waals surface area contributed by atoms with Gasteiger partial charge in [-0.25, -0.2) is 19.0 Å². The van der Waals surface area contributed by atoms with E-state index in [0.29, 0.717) is 16.7 Å². The number of nitro benzene ring substituents is 1. The molecule has 0 saturated carbocycles. The van der Waals surface area contributed by atoms with E-state index in [2.05, 4.69) is 25.9 Å². The number of non-ortho nitro benzene ring substituents is 1. The molecule has 2 aromatic carbocycles. The zero-order valence-electron chi connectivity index (χ0n) is 14.6. The number of nitrogens with one attached hydrogen (secondary N) is 2. The molecule has 0 saturated heterocycles. The molecule has 0 unspecified atom stereocenters. The lowest BCUT2D eigenvalue weighted by atomic mass is 10.2. The van der Waals surface area contributed by atoms with Crippen LogP contribution < -0.4 is 10.9 Å². The van der Waals surface area contributed by atoms with Crippen LogP contribution >= 0.6 is 0 Å². The number of benzene rings is 2. The summed E-state index contributed by atoms with van der Waals surface area (Å²) in [5.41, 5.74) is 6.08. The van der Waals surface area contributed by atoms with Gasteiger partial charge in [0.15, 0.2) is 11.5 Å². The van der Waals surface area contributed by atoms with Gasteiger partial charge < -0.3 is 0 Å². The Hall–Kier alpha value is -4.41. The van der Waals surface area contributed by atoms with Crippen LogP contribution in [0.2, 0.25) is 0 Å². The summed E-state index contributed by atoms with van der Waals surface area (Å²) in [4.78, 5) is 30.8. The van der Waals surface area contributed by atoms with E-state index >= 15 is 0 Å². The van der Waals surface area contributed by atoms with Crippen molar-refractivity contribution < 1.29 is 14.1 Å². The molecule has 0 fully saturated rings. The second-order valence-electron chi connectivity index (χ2n) is 5.88. The first kappa shape index (κ1) is 18.0. The van der Waals surface area contributed by atoms with Gasteiger partial charge in [0.25, 0.3) is 11.6 Å². The molecule has 0 bridgehead atoms. The Labute approximate surface area is 162 Å². The standard InChI is InChI=1S/C18H12FN7O3/c19-12-4-6-13(7-5-12)25-17-15(9-22-25)16(20-10-21-17)23-24-18(27)11-2-1-3-14(8-11)26(28)29/h1-10H,(H,24,27)(H,20,21,23). The second kappa shape index (κ2) is 7.31. The van der Waals surface area contributed by atoms with Crippen molar-refractivity contribution in [1.29, 1.82) is 0 Å². The number of rotatable bonds is 5. The first-order valence-electron chi connectivity index (χ1n) is 8.28. The maximum absolute atomic E-state index is 13.1. The lowest BCUT2D eigenvalue weighted by Gasteiger charge is -2.08. The maximum Gasteiger partial charge on any atom is 0.270 e. The van der Waals surface area contributed by atoms with Crippen LogP contribution in [0, 0.1) is 15.9 Å². The molecule has 0 aliphatic heterocycles. The maximum atomic E-state index is 13.1. The van der Waals surface area contributed by atoms with Gasteiger partial charge in [-0.3, -0.25) is 25.8 Å². The van der Waals surface area contributed by atoms with Gasteiger partial charge in [0, 0.05) is 17.7 Å². The Kier molecular flexibility index (Phi) is 4.53. The molecule has 0 aliphatic rings. The van der Waals surface area contributed by atoms with Crippen molar-refractivity contribution >= 4 is 28.4 Å². The van der Waals surface area contributed by atoms with Crippen molar-refractivity contribution in [3.05, 3.63) is 82.6 Å². The zero-order chi connectivity index (χ0) is 20.4. The van der Waals surface area contributed by atoms with E-state index in [0.717, 1.165) is 0 Å². The van der Waals surface area contributed by atoms with Crippen LogP contribution in [0.4, 0.5) is 15.9 Å². The summed E-state index contributed by atoms with van der Waals surface area (Å²) in [7, 11) is 0. The number of aromatic nitrogens is 4. The van der Waals surface area contributed by atoms with Crippen molar-refractivity contribution in [3.8, 4) is 5.69 Å². The summed E-state index contributed by atoms with van der Waals surface area (Å²) in [6.45, 7) is 0. The lowest BCUT2D eigenvalue weighted by Crippen LogP contribution is -2.29. The topological polar surface area (TPSA) is 128 Å². The zero-order valence-corrected chi connectivity index (χ0v) is 14.6. The minimum absolute atomic E-state index is 0.110. The van der Waals surface area contributed by atoms with Crippen molar-refractivity contribution in [1.82, 2.24) is 25.2 Å². The molecule has 2 aromatic heterocycles. The first-order chi connectivity index (χ1) is 14.0. The SMILES string of the molecule is O=C(NNc1ncnc2c1cnn2-c1ccc(F)cc1)c1cccc([N+](=O)[O-])c1. The summed E-state index contributed by atoms with van der Waals surface area (Å²) in [6.07, 6.45) is 2.78. The lowest BCUT2D eigenvalue weighted by molar-refractivity contribution is -0.384. The fourth-order valence-electron chi connectivity index (χ4n) is 2.66. The van der Waals surface area contributed by atoms with Crippen LogP contribution in [0.5, 0.6) is 0 Å². The molecule has 11 heteroatoms. The van der Waals surface area contributed by atoms with Crippen molar-refractivity contribution in [2.75, 3.05) is 5.43 Å². The summed E-state index contributed by atoms with van der Waals surface area (Å²) >= 11 is 0. The molecule has 1 amide bonds. The van der Waals surface area contributed by atoms with Gasteiger partial charge in [-0.1, -0.05) is 6.07 Å². The predicted octanol–water partition coefficient (Wildman–Crippen LogP) is 2.62. The summed E-state index contributed by atoms with van der Waals surface area (Å²) < 4.78 is 14.7. The van der Waals surface area contributed by atoms with E-state index in [-0.39, 0.29) is 22.9 Å². The average Bonchev–Trinajstić information content (AvgIpc) is 3.17. The van der Waals surface area contributed by atoms with E-state index in [1.54, 1.807) is 12.1 Å². The highest BCUT2D eigenvalue weighted by Crippen LogP contribution is 2.21. The Morgan fingerprint density at radius 2 is 1.93 bits per heavy atom. The number of nitrogens with zero attached hydrogens (tertiary/aromatic N) is 5. The van der Waals surface area contributed by atoms with Gasteiger partial charge in [0.1, 0.15) is 12.1 Å². The molecule has 4 rings (SSSR count). The Balaban J connectivity index is 1.57. The Morgan fingerprint density at radius 3 is 2.69 bits per heavy atom. The summed E-state index contributed by atoms with van der Waals surface area (Å²) in [5.74, 6) is -0.667. The fraction of sp³-hybridized carbons (Fsp3) is 0. The number of carbonyl (C=O) groups excluding carboxylic acids is 1. The number of hydrogen-bond donors (Lipinski definition) is 2. The molecule has 144 valence electrons. The molecule has 0 radical (unpaired) electrons. The average molecular weight is 393 g/mol. The Morgan fingerprint density at radius 1 is 1.14 bits per heavy atom. The second-order valence-corrected chi connectivity index (χ2v) is 5.88. The van der Waals surface area contributed by atoms with Gasteiger partial charge in [-0.15, -0.1) is 0 Å². The molecule has 0 spiro atoms. The van der Waals surface area contributed by atoms with Crippen LogP contribution in [0.15, 0.2) is 61.1 Å². The predicted molar refractivity (Wildman–Crippen MR) is 101 cm³/mol. The molecule has 4 aromatic rings. The van der Waals surface area contributed by atoms with Crippen LogP contribution in [-0.2, 0) is 0 Å². The van der Waals surface area contributed by atoms with Crippen molar-refractivity contribution in [2.45, 2.75) is 0 Å². The van der Waals surface area contributed by atoms with E-state index in [9.17, 15) is 19.3 Å². The van der Waals surface area contributed by atoms with Crippen LogP contribution in [-0.4, -0.2) is 30.6 Å². The van der Waals surface area contributed by atoms with E-state index < -0.39 is 10.8 Å². The third kappa shape index (κ3) is 3.56. The molecule has 10 nitrogen and oxygen atoms in total. The number of anilines is 1.